The number of ether oxygens (including phenoxy) is 2. The smallest absolute Gasteiger partial charge is 0.317 e. The molecule has 5 heteroatoms. The van der Waals surface area contributed by atoms with E-state index in [9.17, 15) is 4.79 Å². The van der Waals surface area contributed by atoms with E-state index in [-0.39, 0.29) is 6.03 Å². The highest BCUT2D eigenvalue weighted by atomic mass is 16.5. The molecule has 0 atom stereocenters. The number of urea groups is 1. The number of likely N-dealkylation sites (N-methyl/N-ethyl adjacent to an activating group) is 1. The van der Waals surface area contributed by atoms with E-state index in [1.807, 2.05) is 55.5 Å². The number of carbonyl (C=O) groups excluding carboxylic acids is 1. The average Bonchev–Trinajstić information content (AvgIpc) is 2.68. The van der Waals surface area contributed by atoms with Crippen LogP contribution >= 0.6 is 0 Å². The van der Waals surface area contributed by atoms with Gasteiger partial charge in [-0.05, 0) is 42.7 Å². The Morgan fingerprint density at radius 2 is 2.07 bits per heavy atom. The fraction of sp³-hybridized carbons (Fsp3) is 0.318. The Bertz CT molecular complexity index is 817. The minimum Gasteiger partial charge on any atom is -0.457 e. The van der Waals surface area contributed by atoms with Crippen LogP contribution in [-0.4, -0.2) is 37.7 Å². The molecule has 142 valence electrons. The van der Waals surface area contributed by atoms with Gasteiger partial charge in [0.05, 0.1) is 13.2 Å². The van der Waals surface area contributed by atoms with E-state index in [4.69, 9.17) is 9.47 Å². The zero-order valence-electron chi connectivity index (χ0n) is 15.9. The van der Waals surface area contributed by atoms with Crippen molar-refractivity contribution in [3.8, 4) is 11.5 Å². The van der Waals surface area contributed by atoms with Crippen molar-refractivity contribution in [2.75, 3.05) is 26.8 Å². The number of nitrogens with one attached hydrogen (secondary N) is 1. The zero-order valence-corrected chi connectivity index (χ0v) is 15.9. The summed E-state index contributed by atoms with van der Waals surface area (Å²) >= 11 is 0. The van der Waals surface area contributed by atoms with Gasteiger partial charge < -0.3 is 19.7 Å². The summed E-state index contributed by atoms with van der Waals surface area (Å²) in [6.07, 6.45) is 3.06. The van der Waals surface area contributed by atoms with E-state index in [1.165, 1.54) is 0 Å². The van der Waals surface area contributed by atoms with Gasteiger partial charge in [0.1, 0.15) is 11.5 Å². The van der Waals surface area contributed by atoms with Crippen molar-refractivity contribution in [1.29, 1.82) is 0 Å². The quantitative estimate of drug-likeness (QED) is 0.777. The number of nitrogens with zero attached hydrogens (tertiary/aromatic N) is 1. The highest BCUT2D eigenvalue weighted by molar-refractivity contribution is 5.74. The van der Waals surface area contributed by atoms with Crippen molar-refractivity contribution in [2.24, 2.45) is 0 Å². The summed E-state index contributed by atoms with van der Waals surface area (Å²) in [6.45, 7) is 4.37. The monoisotopic (exact) mass is 366 g/mol. The Hall–Kier alpha value is -2.79. The number of para-hydroxylation sites is 1. The molecule has 0 spiro atoms. The van der Waals surface area contributed by atoms with Crippen LogP contribution in [0, 0.1) is 6.92 Å². The maximum absolute atomic E-state index is 12.4. The number of rotatable bonds is 6. The fourth-order valence-electron chi connectivity index (χ4n) is 2.96. The van der Waals surface area contributed by atoms with Crippen molar-refractivity contribution < 1.29 is 14.3 Å². The zero-order chi connectivity index (χ0) is 19.1. The highest BCUT2D eigenvalue weighted by Gasteiger charge is 2.13. The molecule has 0 saturated heterocycles. The molecule has 2 amide bonds. The maximum atomic E-state index is 12.4. The molecular formula is C22H26N2O3. The molecule has 0 unspecified atom stereocenters. The first-order chi connectivity index (χ1) is 13.1. The molecule has 2 aromatic carbocycles. The summed E-state index contributed by atoms with van der Waals surface area (Å²) < 4.78 is 11.4. The minimum absolute atomic E-state index is 0.119. The highest BCUT2D eigenvalue weighted by Crippen LogP contribution is 2.25. The van der Waals surface area contributed by atoms with Crippen LogP contribution in [-0.2, 0) is 11.3 Å². The first kappa shape index (κ1) is 19.0. The molecule has 0 saturated carbocycles. The van der Waals surface area contributed by atoms with Crippen LogP contribution < -0.4 is 10.1 Å². The second kappa shape index (κ2) is 9.24. The van der Waals surface area contributed by atoms with Crippen molar-refractivity contribution in [3.63, 3.8) is 0 Å². The molecule has 0 bridgehead atoms. The molecule has 0 aliphatic carbocycles. The molecule has 1 heterocycles. The normalized spacial score (nSPS) is 13.6. The number of carbonyl (C=O) groups is 1. The van der Waals surface area contributed by atoms with Crippen LogP contribution in [0.4, 0.5) is 4.79 Å². The number of hydrogen-bond acceptors (Lipinski definition) is 3. The van der Waals surface area contributed by atoms with Crippen LogP contribution in [0.1, 0.15) is 17.5 Å². The Balaban J connectivity index is 1.59. The molecule has 0 radical (unpaired) electrons. The largest absolute Gasteiger partial charge is 0.457 e. The summed E-state index contributed by atoms with van der Waals surface area (Å²) in [7, 11) is 1.79. The van der Waals surface area contributed by atoms with E-state index in [1.54, 1.807) is 11.9 Å². The van der Waals surface area contributed by atoms with Gasteiger partial charge in [-0.2, -0.15) is 0 Å². The molecule has 1 N–H and O–H groups in total. The summed E-state index contributed by atoms with van der Waals surface area (Å²) in [5.41, 5.74) is 3.21. The molecule has 5 nitrogen and oxygen atoms in total. The molecule has 27 heavy (non-hydrogen) atoms. The van der Waals surface area contributed by atoms with E-state index in [0.29, 0.717) is 19.7 Å². The van der Waals surface area contributed by atoms with E-state index >= 15 is 0 Å². The minimum atomic E-state index is -0.119. The van der Waals surface area contributed by atoms with Gasteiger partial charge in [0.2, 0.25) is 0 Å². The molecule has 1 aliphatic heterocycles. The Labute approximate surface area is 160 Å². The van der Waals surface area contributed by atoms with Gasteiger partial charge >= 0.3 is 6.03 Å². The molecule has 2 aromatic rings. The van der Waals surface area contributed by atoms with E-state index in [2.05, 4.69) is 11.4 Å². The van der Waals surface area contributed by atoms with Gasteiger partial charge in [-0.25, -0.2) is 4.79 Å². The van der Waals surface area contributed by atoms with Gasteiger partial charge in [0.25, 0.3) is 0 Å². The van der Waals surface area contributed by atoms with Crippen LogP contribution in [0.25, 0.3) is 0 Å². The summed E-state index contributed by atoms with van der Waals surface area (Å²) in [4.78, 5) is 14.1. The number of benzene rings is 2. The van der Waals surface area contributed by atoms with Crippen LogP contribution in [0.3, 0.4) is 0 Å². The van der Waals surface area contributed by atoms with Crippen molar-refractivity contribution in [2.45, 2.75) is 19.9 Å². The predicted octanol–water partition coefficient (Wildman–Crippen LogP) is 4.28. The van der Waals surface area contributed by atoms with E-state index in [0.717, 1.165) is 41.2 Å². The van der Waals surface area contributed by atoms with Crippen LogP contribution in [0.15, 0.2) is 60.2 Å². The first-order valence-electron chi connectivity index (χ1n) is 9.19. The van der Waals surface area contributed by atoms with Crippen LogP contribution in [0.2, 0.25) is 0 Å². The van der Waals surface area contributed by atoms with Crippen molar-refractivity contribution >= 4 is 6.03 Å². The first-order valence-corrected chi connectivity index (χ1v) is 9.19. The third-order valence-corrected chi connectivity index (χ3v) is 4.39. The maximum Gasteiger partial charge on any atom is 0.317 e. The molecular weight excluding hydrogens is 340 g/mol. The molecule has 1 aliphatic rings. The lowest BCUT2D eigenvalue weighted by molar-refractivity contribution is 0.144. The fourth-order valence-corrected chi connectivity index (χ4v) is 2.96. The van der Waals surface area contributed by atoms with Crippen LogP contribution in [0.5, 0.6) is 11.5 Å². The Kier molecular flexibility index (Phi) is 6.49. The number of hydrogen-bond donors (Lipinski definition) is 1. The van der Waals surface area contributed by atoms with E-state index < -0.39 is 0 Å². The summed E-state index contributed by atoms with van der Waals surface area (Å²) in [5.74, 6) is 1.53. The van der Waals surface area contributed by atoms with Gasteiger partial charge in [0, 0.05) is 25.7 Å². The number of aryl methyl sites for hydroxylation is 1. The standard InChI is InChI=1S/C22H26N2O3/c1-17-7-5-10-20(13-17)27-21-11-4-3-9-19(21)14-23-22(25)24(2)15-18-8-6-12-26-16-18/h3-5,7-11,13H,6,12,14-16H2,1-2H3,(H,23,25). The van der Waals surface area contributed by atoms with Gasteiger partial charge in [-0.1, -0.05) is 36.4 Å². The van der Waals surface area contributed by atoms with Gasteiger partial charge in [0.15, 0.2) is 0 Å². The average molecular weight is 366 g/mol. The Morgan fingerprint density at radius 3 is 2.85 bits per heavy atom. The lowest BCUT2D eigenvalue weighted by Crippen LogP contribution is -2.38. The SMILES string of the molecule is Cc1cccc(Oc2ccccc2CNC(=O)N(C)CC2=CCCOC2)c1. The van der Waals surface area contributed by atoms with Crippen molar-refractivity contribution in [1.82, 2.24) is 10.2 Å². The van der Waals surface area contributed by atoms with Gasteiger partial charge in [-0.15, -0.1) is 0 Å². The molecule has 0 aromatic heterocycles. The predicted molar refractivity (Wildman–Crippen MR) is 106 cm³/mol. The molecule has 0 fully saturated rings. The molecule has 3 rings (SSSR count). The lowest BCUT2D eigenvalue weighted by atomic mass is 10.2. The summed E-state index contributed by atoms with van der Waals surface area (Å²) in [6, 6.07) is 15.5. The second-order valence-electron chi connectivity index (χ2n) is 6.74. The Morgan fingerprint density at radius 1 is 1.22 bits per heavy atom. The third kappa shape index (κ3) is 5.59. The second-order valence-corrected chi connectivity index (χ2v) is 6.74. The number of amides is 2. The van der Waals surface area contributed by atoms with Crippen molar-refractivity contribution in [3.05, 3.63) is 71.3 Å². The van der Waals surface area contributed by atoms with Gasteiger partial charge in [-0.3, -0.25) is 0 Å². The summed E-state index contributed by atoms with van der Waals surface area (Å²) in [5, 5.41) is 2.96. The topological polar surface area (TPSA) is 50.8 Å². The third-order valence-electron chi connectivity index (χ3n) is 4.39. The lowest BCUT2D eigenvalue weighted by Gasteiger charge is -2.22.